The van der Waals surface area contributed by atoms with Crippen LogP contribution in [0.3, 0.4) is 0 Å². The van der Waals surface area contributed by atoms with Gasteiger partial charge in [-0.05, 0) is 154 Å². The second-order valence-corrected chi connectivity index (χ2v) is 16.7. The maximum Gasteiger partial charge on any atom is 0.302 e. The smallest absolute Gasteiger partial charge is 0.302 e. The van der Waals surface area contributed by atoms with Crippen LogP contribution in [0.15, 0.2) is 61.8 Å². The molecule has 0 rings (SSSR count). The van der Waals surface area contributed by atoms with Crippen molar-refractivity contribution in [2.24, 2.45) is 0 Å². The minimum absolute atomic E-state index is 0.171. The summed E-state index contributed by atoms with van der Waals surface area (Å²) in [4.78, 5) is 41.8. The number of esters is 4. The SMILES string of the molecule is C=CCCCCC.C=CCCCCCOC(C)=O.CC(=O)OCCCCCC=CCCCCCOC(C)=O.CCCCC/C=C\CCCCCOC(C)=O.CCCCCC=CCCCCC. The standard InChI is InChI=1S/C16H28O4.C14H26O2.C12H24.C9H16O2.C7H14/c1-15(17)19-13-11-9-7-5-3-4-6-8-10-12-14-20-16(2)18;1-3-4-5-6-7-8-9-10-11-12-13-16-14(2)15;1-3-5-7-9-11-12-10-8-6-4-2;1-3-4-5-6-7-8-11-9(2)10;1-3-5-7-6-4-2/h3-4H,5-14H2,1-2H3;7-8H,3-6,9-13H2,1-2H3;11-12H,3-10H2,1-2H3;3H,1,4-8H2,2H3;3H,1,4-7H2,2H3/b;8-7-;;;. The van der Waals surface area contributed by atoms with Gasteiger partial charge in [0.2, 0.25) is 0 Å². The largest absolute Gasteiger partial charge is 0.466 e. The number of hydrogen-bond acceptors (Lipinski definition) is 8. The minimum atomic E-state index is -0.196. The van der Waals surface area contributed by atoms with E-state index in [1.54, 1.807) is 0 Å². The van der Waals surface area contributed by atoms with Gasteiger partial charge in [0.25, 0.3) is 0 Å². The predicted molar refractivity (Wildman–Crippen MR) is 285 cm³/mol. The molecule has 0 radical (unpaired) electrons. The number of allylic oxidation sites excluding steroid dienone is 8. The first-order valence-corrected chi connectivity index (χ1v) is 26.7. The van der Waals surface area contributed by atoms with Crippen LogP contribution in [-0.4, -0.2) is 50.3 Å². The lowest BCUT2D eigenvalue weighted by molar-refractivity contribution is -0.142. The van der Waals surface area contributed by atoms with Crippen LogP contribution in [0.5, 0.6) is 0 Å². The van der Waals surface area contributed by atoms with Crippen molar-refractivity contribution < 1.29 is 38.1 Å². The van der Waals surface area contributed by atoms with E-state index in [0.717, 1.165) is 96.3 Å². The molecule has 0 N–H and O–H groups in total. The summed E-state index contributed by atoms with van der Waals surface area (Å²) >= 11 is 0. The first-order chi connectivity index (χ1) is 32.0. The molecule has 0 aliphatic heterocycles. The highest BCUT2D eigenvalue weighted by Gasteiger charge is 1.95. The summed E-state index contributed by atoms with van der Waals surface area (Å²) < 4.78 is 19.3. The highest BCUT2D eigenvalue weighted by Crippen LogP contribution is 2.07. The summed E-state index contributed by atoms with van der Waals surface area (Å²) in [5, 5.41) is 0. The Kier molecular flexibility index (Phi) is 76.6. The van der Waals surface area contributed by atoms with E-state index in [4.69, 9.17) is 18.9 Å². The van der Waals surface area contributed by atoms with E-state index in [2.05, 4.69) is 77.3 Å². The first-order valence-electron chi connectivity index (χ1n) is 26.7. The molecule has 0 heterocycles. The molecule has 66 heavy (non-hydrogen) atoms. The fourth-order valence-corrected chi connectivity index (χ4v) is 5.84. The van der Waals surface area contributed by atoms with Gasteiger partial charge in [-0.1, -0.05) is 128 Å². The maximum absolute atomic E-state index is 10.5. The third kappa shape index (κ3) is 95.0. The summed E-state index contributed by atoms with van der Waals surface area (Å²) in [6.45, 7) is 24.2. The van der Waals surface area contributed by atoms with Gasteiger partial charge >= 0.3 is 23.9 Å². The molecule has 8 heteroatoms. The molecule has 0 aromatic rings. The molecule has 0 saturated heterocycles. The maximum atomic E-state index is 10.5. The minimum Gasteiger partial charge on any atom is -0.466 e. The fourth-order valence-electron chi connectivity index (χ4n) is 5.84. The molecular weight excluding hydrogens is 825 g/mol. The van der Waals surface area contributed by atoms with Gasteiger partial charge in [0.05, 0.1) is 26.4 Å². The van der Waals surface area contributed by atoms with E-state index in [1.807, 2.05) is 12.2 Å². The van der Waals surface area contributed by atoms with Gasteiger partial charge in [-0.25, -0.2) is 0 Å². The number of ether oxygens (including phenoxy) is 4. The zero-order chi connectivity index (χ0) is 50.3. The average molecular weight is 933 g/mol. The molecule has 0 unspecified atom stereocenters. The fraction of sp³-hybridized carbons (Fsp3) is 0.759. The Bertz CT molecular complexity index is 1050. The van der Waals surface area contributed by atoms with Crippen LogP contribution in [-0.2, 0) is 38.1 Å². The van der Waals surface area contributed by atoms with Gasteiger partial charge in [-0.2, -0.15) is 0 Å². The lowest BCUT2D eigenvalue weighted by Gasteiger charge is -2.01. The van der Waals surface area contributed by atoms with Crippen molar-refractivity contribution in [2.75, 3.05) is 26.4 Å². The lowest BCUT2D eigenvalue weighted by atomic mass is 10.1. The molecule has 0 bridgehead atoms. The molecule has 0 amide bonds. The Balaban J connectivity index is -0.000000244. The van der Waals surface area contributed by atoms with Crippen molar-refractivity contribution >= 4 is 23.9 Å². The second kappa shape index (κ2) is 70.6. The van der Waals surface area contributed by atoms with Crippen LogP contribution in [0.1, 0.15) is 261 Å². The molecule has 0 aromatic heterocycles. The quantitative estimate of drug-likeness (QED) is 0.0259. The van der Waals surface area contributed by atoms with Crippen molar-refractivity contribution in [1.29, 1.82) is 0 Å². The van der Waals surface area contributed by atoms with Crippen molar-refractivity contribution in [3.8, 4) is 0 Å². The summed E-state index contributed by atoms with van der Waals surface area (Å²) in [5.74, 6) is -0.748. The van der Waals surface area contributed by atoms with Gasteiger partial charge in [0.15, 0.2) is 0 Å². The van der Waals surface area contributed by atoms with Crippen LogP contribution in [0.2, 0.25) is 0 Å². The molecule has 8 nitrogen and oxygen atoms in total. The Hall–Kier alpha value is -3.42. The van der Waals surface area contributed by atoms with E-state index >= 15 is 0 Å². The van der Waals surface area contributed by atoms with E-state index < -0.39 is 0 Å². The Morgan fingerprint density at radius 2 is 0.470 bits per heavy atom. The van der Waals surface area contributed by atoms with E-state index in [0.29, 0.717) is 26.4 Å². The molecule has 388 valence electrons. The summed E-state index contributed by atoms with van der Waals surface area (Å²) in [7, 11) is 0. The number of rotatable bonds is 40. The zero-order valence-electron chi connectivity index (χ0n) is 44.8. The monoisotopic (exact) mass is 933 g/mol. The molecule has 0 saturated carbocycles. The van der Waals surface area contributed by atoms with Gasteiger partial charge < -0.3 is 18.9 Å². The molecular formula is C58H108O8. The number of carbonyl (C=O) groups is 4. The number of hydrogen-bond donors (Lipinski definition) is 0. The van der Waals surface area contributed by atoms with Crippen LogP contribution in [0.4, 0.5) is 0 Å². The third-order valence-electron chi connectivity index (χ3n) is 9.75. The van der Waals surface area contributed by atoms with Crippen LogP contribution in [0.25, 0.3) is 0 Å². The van der Waals surface area contributed by atoms with Crippen molar-refractivity contribution in [2.45, 2.75) is 261 Å². The first kappa shape index (κ1) is 71.6. The van der Waals surface area contributed by atoms with E-state index in [1.165, 1.54) is 137 Å². The molecule has 0 aliphatic rings. The van der Waals surface area contributed by atoms with Gasteiger partial charge in [-0.15, -0.1) is 13.2 Å². The highest BCUT2D eigenvalue weighted by atomic mass is 16.5. The van der Waals surface area contributed by atoms with Gasteiger partial charge in [0, 0.05) is 27.7 Å². The van der Waals surface area contributed by atoms with Crippen LogP contribution < -0.4 is 0 Å². The molecule has 0 aliphatic carbocycles. The Labute approximate surface area is 409 Å². The summed E-state index contributed by atoms with van der Waals surface area (Å²) in [6.07, 6.45) is 56.1. The molecule has 0 fully saturated rings. The molecule has 0 aromatic carbocycles. The second-order valence-electron chi connectivity index (χ2n) is 16.7. The normalized spacial score (nSPS) is 10.4. The molecule has 0 atom stereocenters. The van der Waals surface area contributed by atoms with Gasteiger partial charge in [-0.3, -0.25) is 19.2 Å². The topological polar surface area (TPSA) is 105 Å². The van der Waals surface area contributed by atoms with Gasteiger partial charge in [0.1, 0.15) is 0 Å². The Morgan fingerprint density at radius 1 is 0.288 bits per heavy atom. The van der Waals surface area contributed by atoms with E-state index in [-0.39, 0.29) is 23.9 Å². The number of unbranched alkanes of at least 4 members (excludes halogenated alkanes) is 24. The highest BCUT2D eigenvalue weighted by molar-refractivity contribution is 5.66. The van der Waals surface area contributed by atoms with Crippen molar-refractivity contribution in [3.63, 3.8) is 0 Å². The average Bonchev–Trinajstić information content (AvgIpc) is 3.28. The summed E-state index contributed by atoms with van der Waals surface area (Å²) in [5.41, 5.74) is 0. The van der Waals surface area contributed by atoms with Crippen LogP contribution in [0, 0.1) is 0 Å². The zero-order valence-corrected chi connectivity index (χ0v) is 44.8. The van der Waals surface area contributed by atoms with Crippen LogP contribution >= 0.6 is 0 Å². The van der Waals surface area contributed by atoms with Crippen molar-refractivity contribution in [3.05, 3.63) is 61.8 Å². The third-order valence-corrected chi connectivity index (χ3v) is 9.75. The summed E-state index contributed by atoms with van der Waals surface area (Å²) in [6, 6.07) is 0. The van der Waals surface area contributed by atoms with E-state index in [9.17, 15) is 19.2 Å². The lowest BCUT2D eigenvalue weighted by Crippen LogP contribution is -2.00. The molecule has 0 spiro atoms. The number of carbonyl (C=O) groups excluding carboxylic acids is 4. The Morgan fingerprint density at radius 3 is 0.652 bits per heavy atom. The van der Waals surface area contributed by atoms with Crippen molar-refractivity contribution in [1.82, 2.24) is 0 Å². The predicted octanol–water partition coefficient (Wildman–Crippen LogP) is 17.8.